The minimum atomic E-state index is -1.39. The van der Waals surface area contributed by atoms with Crippen LogP contribution < -0.4 is 0 Å². The van der Waals surface area contributed by atoms with Crippen LogP contribution in [0.2, 0.25) is 0 Å². The SMILES string of the molecule is CC(=O)/C(C)=C(/C)OB1OC(=O)C(=O)O1. The second kappa shape index (κ2) is 4.16. The maximum atomic E-state index is 10.9. The van der Waals surface area contributed by atoms with Gasteiger partial charge in [0.15, 0.2) is 5.78 Å². The highest BCUT2D eigenvalue weighted by molar-refractivity contribution is 6.55. The Morgan fingerprint density at radius 1 is 1.13 bits per heavy atom. The highest BCUT2D eigenvalue weighted by Crippen LogP contribution is 2.12. The largest absolute Gasteiger partial charge is 0.868 e. The normalized spacial score (nSPS) is 16.9. The summed E-state index contributed by atoms with van der Waals surface area (Å²) in [5.74, 6) is -2.14. The average Bonchev–Trinajstić information content (AvgIpc) is 2.44. The topological polar surface area (TPSA) is 78.9 Å². The fourth-order valence-corrected chi connectivity index (χ4v) is 0.824. The summed E-state index contributed by atoms with van der Waals surface area (Å²) in [6.45, 7) is 4.43. The summed E-state index contributed by atoms with van der Waals surface area (Å²) in [7, 11) is -1.39. The van der Waals surface area contributed by atoms with Crippen molar-refractivity contribution >= 4 is 25.0 Å². The average molecular weight is 212 g/mol. The minimum Gasteiger partial charge on any atom is -0.493 e. The van der Waals surface area contributed by atoms with Crippen LogP contribution >= 0.6 is 0 Å². The van der Waals surface area contributed by atoms with Crippen molar-refractivity contribution in [3.8, 4) is 0 Å². The third kappa shape index (κ3) is 2.58. The number of ketones is 1. The van der Waals surface area contributed by atoms with Crippen LogP contribution in [0.25, 0.3) is 0 Å². The molecule has 0 atom stereocenters. The van der Waals surface area contributed by atoms with Gasteiger partial charge in [0.2, 0.25) is 0 Å². The summed E-state index contributed by atoms with van der Waals surface area (Å²) in [6.07, 6.45) is 0. The summed E-state index contributed by atoms with van der Waals surface area (Å²) in [6, 6.07) is 0. The van der Waals surface area contributed by atoms with Crippen LogP contribution in [0.15, 0.2) is 11.3 Å². The molecule has 0 saturated carbocycles. The summed E-state index contributed by atoms with van der Waals surface area (Å²) in [4.78, 5) is 32.2. The highest BCUT2D eigenvalue weighted by Gasteiger charge is 2.45. The molecule has 1 saturated heterocycles. The van der Waals surface area contributed by atoms with E-state index in [2.05, 4.69) is 9.31 Å². The second-order valence-electron chi connectivity index (χ2n) is 2.95. The van der Waals surface area contributed by atoms with Crippen LogP contribution in [0, 0.1) is 0 Å². The monoisotopic (exact) mass is 212 g/mol. The third-order valence-electron chi connectivity index (χ3n) is 1.90. The molecule has 7 heteroatoms. The number of rotatable bonds is 3. The van der Waals surface area contributed by atoms with Gasteiger partial charge in [0.25, 0.3) is 0 Å². The van der Waals surface area contributed by atoms with Gasteiger partial charge < -0.3 is 14.0 Å². The smallest absolute Gasteiger partial charge is 0.493 e. The Morgan fingerprint density at radius 3 is 2.00 bits per heavy atom. The van der Waals surface area contributed by atoms with Crippen LogP contribution in [0.3, 0.4) is 0 Å². The van der Waals surface area contributed by atoms with Crippen molar-refractivity contribution in [2.24, 2.45) is 0 Å². The molecule has 0 bridgehead atoms. The van der Waals surface area contributed by atoms with E-state index < -0.39 is 19.3 Å². The minimum absolute atomic E-state index is 0.178. The molecule has 0 unspecified atom stereocenters. The van der Waals surface area contributed by atoms with Crippen molar-refractivity contribution in [2.75, 3.05) is 0 Å². The molecule has 15 heavy (non-hydrogen) atoms. The number of Topliss-reactive ketones (excluding diaryl/α,β-unsaturated/α-hetero) is 1. The van der Waals surface area contributed by atoms with Crippen LogP contribution in [-0.2, 0) is 28.3 Å². The first-order chi connectivity index (χ1) is 6.91. The Labute approximate surface area is 86.4 Å². The first kappa shape index (κ1) is 11.3. The van der Waals surface area contributed by atoms with E-state index >= 15 is 0 Å². The predicted molar refractivity (Wildman–Crippen MR) is 48.1 cm³/mol. The van der Waals surface area contributed by atoms with Crippen LogP contribution in [0.1, 0.15) is 20.8 Å². The number of carbonyl (C=O) groups excluding carboxylic acids is 3. The molecule has 1 heterocycles. The van der Waals surface area contributed by atoms with Crippen molar-refractivity contribution in [3.63, 3.8) is 0 Å². The van der Waals surface area contributed by atoms with E-state index in [1.807, 2.05) is 0 Å². The Balaban J connectivity index is 2.65. The maximum Gasteiger partial charge on any atom is 0.868 e. The Bertz CT molecular complexity index is 342. The summed E-state index contributed by atoms with van der Waals surface area (Å²) in [5.41, 5.74) is 0.369. The molecule has 0 aromatic rings. The van der Waals surface area contributed by atoms with Gasteiger partial charge in [0, 0.05) is 5.57 Å². The summed E-state index contributed by atoms with van der Waals surface area (Å²) < 4.78 is 13.7. The standard InChI is InChI=1S/C8H9BO6/c1-4(5(2)10)6(3)13-9-14-7(11)8(12)15-9/h1-3H3/b6-4-. The maximum absolute atomic E-state index is 10.9. The Hall–Kier alpha value is -1.79. The van der Waals surface area contributed by atoms with E-state index in [4.69, 9.17) is 4.65 Å². The lowest BCUT2D eigenvalue weighted by Gasteiger charge is -2.07. The van der Waals surface area contributed by atoms with E-state index in [9.17, 15) is 14.4 Å². The van der Waals surface area contributed by atoms with Crippen molar-refractivity contribution in [1.29, 1.82) is 0 Å². The summed E-state index contributed by atoms with van der Waals surface area (Å²) in [5, 5.41) is 0. The molecular formula is C8H9BO6. The zero-order valence-electron chi connectivity index (χ0n) is 8.53. The number of hydrogen-bond acceptors (Lipinski definition) is 6. The third-order valence-corrected chi connectivity index (χ3v) is 1.90. The Kier molecular flexibility index (Phi) is 3.13. The van der Waals surface area contributed by atoms with Gasteiger partial charge >= 0.3 is 19.3 Å². The molecule has 1 aliphatic rings. The van der Waals surface area contributed by atoms with Crippen molar-refractivity contribution in [1.82, 2.24) is 0 Å². The van der Waals surface area contributed by atoms with E-state index in [0.29, 0.717) is 5.57 Å². The summed E-state index contributed by atoms with van der Waals surface area (Å²) >= 11 is 0. The lowest BCUT2D eigenvalue weighted by molar-refractivity contribution is -0.150. The molecule has 80 valence electrons. The fourth-order valence-electron chi connectivity index (χ4n) is 0.824. The van der Waals surface area contributed by atoms with Gasteiger partial charge in [-0.25, -0.2) is 9.59 Å². The van der Waals surface area contributed by atoms with E-state index in [1.165, 1.54) is 13.8 Å². The first-order valence-electron chi connectivity index (χ1n) is 4.18. The van der Waals surface area contributed by atoms with Crippen molar-refractivity contribution in [2.45, 2.75) is 20.8 Å². The molecule has 1 aliphatic heterocycles. The molecular weight excluding hydrogens is 203 g/mol. The van der Waals surface area contributed by atoms with Gasteiger partial charge in [-0.2, -0.15) is 0 Å². The van der Waals surface area contributed by atoms with Gasteiger partial charge in [0.05, 0.1) is 5.76 Å². The number of carbonyl (C=O) groups is 3. The Morgan fingerprint density at radius 2 is 1.60 bits per heavy atom. The molecule has 0 spiro atoms. The second-order valence-corrected chi connectivity index (χ2v) is 2.95. The molecule has 0 amide bonds. The van der Waals surface area contributed by atoms with Gasteiger partial charge in [-0.3, -0.25) is 4.79 Å². The molecule has 0 aliphatic carbocycles. The molecule has 6 nitrogen and oxygen atoms in total. The zero-order valence-corrected chi connectivity index (χ0v) is 8.53. The zero-order chi connectivity index (χ0) is 11.6. The molecule has 0 radical (unpaired) electrons. The van der Waals surface area contributed by atoms with Gasteiger partial charge in [0.1, 0.15) is 0 Å². The highest BCUT2D eigenvalue weighted by atomic mass is 16.8. The van der Waals surface area contributed by atoms with E-state index in [1.54, 1.807) is 6.92 Å². The van der Waals surface area contributed by atoms with Crippen molar-refractivity contribution < 1.29 is 28.3 Å². The molecule has 1 fully saturated rings. The molecule has 1 rings (SSSR count). The number of hydrogen-bond donors (Lipinski definition) is 0. The van der Waals surface area contributed by atoms with Gasteiger partial charge in [-0.1, -0.05) is 0 Å². The lowest BCUT2D eigenvalue weighted by Crippen LogP contribution is -2.20. The molecule has 0 N–H and O–H groups in total. The molecule has 0 aromatic heterocycles. The van der Waals surface area contributed by atoms with Crippen LogP contribution in [0.4, 0.5) is 0 Å². The van der Waals surface area contributed by atoms with Crippen molar-refractivity contribution in [3.05, 3.63) is 11.3 Å². The predicted octanol–water partition coefficient (Wildman–Crippen LogP) is -0.0292. The molecule has 0 aromatic carbocycles. The van der Waals surface area contributed by atoms with E-state index in [0.717, 1.165) is 0 Å². The first-order valence-corrected chi connectivity index (χ1v) is 4.18. The van der Waals surface area contributed by atoms with Gasteiger partial charge in [-0.15, -0.1) is 0 Å². The van der Waals surface area contributed by atoms with Gasteiger partial charge in [-0.05, 0) is 20.8 Å². The van der Waals surface area contributed by atoms with Crippen LogP contribution in [-0.4, -0.2) is 25.0 Å². The lowest BCUT2D eigenvalue weighted by atomic mass is 10.1. The number of allylic oxidation sites excluding steroid dienone is 2. The quantitative estimate of drug-likeness (QED) is 0.283. The van der Waals surface area contributed by atoms with Crippen LogP contribution in [0.5, 0.6) is 0 Å². The van der Waals surface area contributed by atoms with E-state index in [-0.39, 0.29) is 11.5 Å². The fraction of sp³-hybridized carbons (Fsp3) is 0.375.